The van der Waals surface area contributed by atoms with Gasteiger partial charge in [0.05, 0.1) is 0 Å². The summed E-state index contributed by atoms with van der Waals surface area (Å²) < 4.78 is 1.47. The summed E-state index contributed by atoms with van der Waals surface area (Å²) in [5.74, 6) is 0. The summed E-state index contributed by atoms with van der Waals surface area (Å²) in [6.07, 6.45) is 7.56. The van der Waals surface area contributed by atoms with Gasteiger partial charge >= 0.3 is 46.6 Å². The van der Waals surface area contributed by atoms with Crippen molar-refractivity contribution in [1.82, 2.24) is 0 Å². The number of rotatable bonds is 2. The number of benzene rings is 2. The van der Waals surface area contributed by atoms with E-state index in [1.165, 1.54) is 21.3 Å². The molecule has 0 atom stereocenters. The maximum absolute atomic E-state index is 2.17. The zero-order valence-electron chi connectivity index (χ0n) is 11.2. The Morgan fingerprint density at radius 2 is 1.32 bits per heavy atom. The molecule has 0 amide bonds. The van der Waals surface area contributed by atoms with Crippen LogP contribution in [0, 0.1) is 0 Å². The third kappa shape index (κ3) is 5.62. The predicted molar refractivity (Wildman–Crippen MR) is 88.1 cm³/mol. The molecule has 0 unspecified atom stereocenters. The average molecular weight is 258 g/mol. The van der Waals surface area contributed by atoms with Crippen LogP contribution >= 0.6 is 8.58 Å². The molecule has 1 aliphatic carbocycles. The molecule has 3 rings (SSSR count). The quantitative estimate of drug-likeness (QED) is 0.572. The first-order valence-electron chi connectivity index (χ1n) is 6.54. The molecule has 19 heavy (non-hydrogen) atoms. The van der Waals surface area contributed by atoms with Crippen molar-refractivity contribution in [2.45, 2.75) is 6.42 Å². The van der Waals surface area contributed by atoms with E-state index in [4.69, 9.17) is 0 Å². The summed E-state index contributed by atoms with van der Waals surface area (Å²) in [6.45, 7) is 0. The smallest absolute Gasteiger partial charge is 0.0226 e. The van der Waals surface area contributed by atoms with Crippen LogP contribution in [0.3, 0.4) is 0 Å². The minimum absolute atomic E-state index is 0.777. The largest absolute Gasteiger partial charge is 0.0622 e. The van der Waals surface area contributed by atoms with Crippen molar-refractivity contribution in [3.63, 3.8) is 0 Å². The molecule has 0 radical (unpaired) electrons. The molecule has 0 saturated heterocycles. The van der Waals surface area contributed by atoms with Crippen LogP contribution in [-0.2, 0) is 0 Å². The van der Waals surface area contributed by atoms with Gasteiger partial charge in [-0.25, -0.2) is 0 Å². The molecule has 0 fully saturated rings. The van der Waals surface area contributed by atoms with Crippen LogP contribution in [0.4, 0.5) is 0 Å². The average Bonchev–Trinajstić information content (AvgIpc) is 2.93. The fraction of sp³-hybridized carbons (Fsp3) is 0.0588. The van der Waals surface area contributed by atoms with Crippen molar-refractivity contribution in [3.05, 3.63) is 83.1 Å². The summed E-state index contributed by atoms with van der Waals surface area (Å²) in [5, 5.41) is 2.79. The van der Waals surface area contributed by atoms with Crippen LogP contribution in [0.15, 0.2) is 83.1 Å². The Labute approximate surface area is 126 Å². The molecule has 0 aliphatic heterocycles. The molecular formula is C17H16LiP. The maximum Gasteiger partial charge on any atom is -0.0226 e. The van der Waals surface area contributed by atoms with Crippen LogP contribution in [0.5, 0.6) is 0 Å². The van der Waals surface area contributed by atoms with E-state index in [1.54, 1.807) is 0 Å². The molecule has 1 aliphatic rings. The van der Waals surface area contributed by atoms with E-state index in [-0.39, 0.29) is 0 Å². The summed E-state index contributed by atoms with van der Waals surface area (Å²) >= 11 is 2.14. The molecule has 0 nitrogen and oxygen atoms in total. The van der Waals surface area contributed by atoms with Crippen molar-refractivity contribution in [2.75, 3.05) is 0 Å². The monoisotopic (exact) mass is 258 g/mol. The van der Waals surface area contributed by atoms with Crippen molar-refractivity contribution in [1.29, 1.82) is 0 Å². The molecule has 0 bridgehead atoms. The van der Waals surface area contributed by atoms with Gasteiger partial charge in [-0.3, -0.25) is 0 Å². The molecule has 0 N–H and O–H groups in total. The number of hydrogen-bond acceptors (Lipinski definition) is 0. The number of hydrogen-bond donors (Lipinski definition) is 0. The van der Waals surface area contributed by atoms with Gasteiger partial charge in [0.15, 0.2) is 0 Å². The molecule has 2 aromatic rings. The van der Waals surface area contributed by atoms with E-state index in [1.807, 2.05) is 0 Å². The van der Waals surface area contributed by atoms with Gasteiger partial charge in [-0.05, 0) is 10.6 Å². The van der Waals surface area contributed by atoms with E-state index in [0.717, 1.165) is 8.58 Å². The Morgan fingerprint density at radius 1 is 0.789 bits per heavy atom. The Hall–Kier alpha value is -1.05. The second-order valence-electron chi connectivity index (χ2n) is 4.50. The fourth-order valence-corrected chi connectivity index (χ4v) is 2.82. The third-order valence-electron chi connectivity index (χ3n) is 2.79. The summed E-state index contributed by atoms with van der Waals surface area (Å²) in [5.41, 5.74) is 0. The SMILES string of the molecule is [Li][C]1=CC=CC1.c1ccc(Pc2ccccc2)cc1. The molecule has 2 aromatic carbocycles. The Bertz CT molecular complexity index is 506. The molecule has 0 aromatic heterocycles. The van der Waals surface area contributed by atoms with Crippen LogP contribution in [0.1, 0.15) is 6.42 Å². The van der Waals surface area contributed by atoms with Crippen molar-refractivity contribution in [2.24, 2.45) is 0 Å². The van der Waals surface area contributed by atoms with Crippen LogP contribution in [0.25, 0.3) is 0 Å². The van der Waals surface area contributed by atoms with Gasteiger partial charge < -0.3 is 0 Å². The molecule has 0 saturated carbocycles. The molecule has 2 heteroatoms. The Kier molecular flexibility index (Phi) is 6.19. The van der Waals surface area contributed by atoms with E-state index < -0.39 is 0 Å². The van der Waals surface area contributed by atoms with E-state index in [0.29, 0.717) is 0 Å². The van der Waals surface area contributed by atoms with Gasteiger partial charge in [0.2, 0.25) is 0 Å². The first kappa shape index (κ1) is 14.4. The number of allylic oxidation sites excluding steroid dienone is 4. The van der Waals surface area contributed by atoms with Gasteiger partial charge in [-0.1, -0.05) is 69.2 Å². The van der Waals surface area contributed by atoms with Crippen molar-refractivity contribution in [3.8, 4) is 0 Å². The second-order valence-corrected chi connectivity index (χ2v) is 5.91. The van der Waals surface area contributed by atoms with Gasteiger partial charge in [-0.2, -0.15) is 0 Å². The van der Waals surface area contributed by atoms with Gasteiger partial charge in [0.25, 0.3) is 0 Å². The maximum atomic E-state index is 2.17. The van der Waals surface area contributed by atoms with Crippen molar-refractivity contribution < 1.29 is 0 Å². The van der Waals surface area contributed by atoms with E-state index in [9.17, 15) is 0 Å². The summed E-state index contributed by atoms with van der Waals surface area (Å²) in [6, 6.07) is 21.2. The topological polar surface area (TPSA) is 0 Å². The minimum Gasteiger partial charge on any atom is -0.0622 e. The molecule has 0 heterocycles. The minimum atomic E-state index is 0.777. The third-order valence-corrected chi connectivity index (χ3v) is 4.04. The standard InChI is InChI=1S/C12H11P.C5H5.Li/c1-3-7-11(8-4-1)13-12-9-5-2-6-10-12;1-2-4-5-3-1;/h1-10,13H;1-3H,4H2;. The van der Waals surface area contributed by atoms with Gasteiger partial charge in [-0.15, -0.1) is 0 Å². The van der Waals surface area contributed by atoms with Gasteiger partial charge in [0, 0.05) is 0 Å². The first-order chi connectivity index (χ1) is 9.34. The first-order valence-corrected chi connectivity index (χ1v) is 7.54. The Morgan fingerprint density at radius 3 is 1.63 bits per heavy atom. The zero-order chi connectivity index (χ0) is 13.3. The van der Waals surface area contributed by atoms with Crippen LogP contribution < -0.4 is 10.6 Å². The van der Waals surface area contributed by atoms with Crippen LogP contribution in [0.2, 0.25) is 0 Å². The van der Waals surface area contributed by atoms with Crippen LogP contribution in [-0.4, -0.2) is 17.7 Å². The predicted octanol–water partition coefficient (Wildman–Crippen LogP) is 3.31. The molecule has 0 spiro atoms. The normalized spacial score (nSPS) is 12.6. The summed E-state index contributed by atoms with van der Waals surface area (Å²) in [7, 11) is 0.777. The van der Waals surface area contributed by atoms with Crippen molar-refractivity contribution >= 4 is 36.9 Å². The van der Waals surface area contributed by atoms with E-state index in [2.05, 4.69) is 96.6 Å². The second kappa shape index (κ2) is 8.18. The fourth-order valence-electron chi connectivity index (χ4n) is 1.76. The Balaban J connectivity index is 0.000000186. The van der Waals surface area contributed by atoms with E-state index >= 15 is 0 Å². The summed E-state index contributed by atoms with van der Waals surface area (Å²) in [4.78, 5) is 0. The molecule has 90 valence electrons. The van der Waals surface area contributed by atoms with Gasteiger partial charge in [0.1, 0.15) is 0 Å². The zero-order valence-corrected chi connectivity index (χ0v) is 12.2. The molecular weight excluding hydrogens is 242 g/mol.